The Morgan fingerprint density at radius 1 is 1.26 bits per heavy atom. The van der Waals surface area contributed by atoms with Crippen molar-refractivity contribution in [1.29, 1.82) is 0 Å². The topological polar surface area (TPSA) is 132 Å². The van der Waals surface area contributed by atoms with Crippen molar-refractivity contribution in [2.75, 3.05) is 39.1 Å². The highest BCUT2D eigenvalue weighted by molar-refractivity contribution is 5.75. The number of rotatable bonds is 3. The molecule has 144 valence electrons. The molecule has 1 saturated heterocycles. The van der Waals surface area contributed by atoms with E-state index in [1.54, 1.807) is 12.4 Å². The van der Waals surface area contributed by atoms with Crippen molar-refractivity contribution in [3.8, 4) is 0 Å². The zero-order valence-electron chi connectivity index (χ0n) is 15.4. The molecule has 0 saturated carbocycles. The molecule has 0 spiro atoms. The molecule has 2 aromatic rings. The summed E-state index contributed by atoms with van der Waals surface area (Å²) in [5.74, 6) is 1.05. The minimum Gasteiger partial charge on any atom is -0.379 e. The number of nitrogens with zero attached hydrogens (tertiary/aromatic N) is 6. The van der Waals surface area contributed by atoms with Gasteiger partial charge in [0.1, 0.15) is 18.1 Å². The van der Waals surface area contributed by atoms with E-state index in [0.29, 0.717) is 18.9 Å². The fourth-order valence-electron chi connectivity index (χ4n) is 3.68. The third-order valence-electron chi connectivity index (χ3n) is 5.08. The normalized spacial score (nSPS) is 21.7. The molecule has 2 unspecified atom stereocenters. The number of fused-ring (bicyclic) bond motifs is 1. The molecule has 4 heterocycles. The SMILES string of the molecule is Cc1c(C(N)O)nc2n1C=C(c1cnc(N)nc1)N(C)C2N1CCOCC1. The molecule has 0 amide bonds. The van der Waals surface area contributed by atoms with Crippen molar-refractivity contribution >= 4 is 17.8 Å². The lowest BCUT2D eigenvalue weighted by Gasteiger charge is -2.43. The van der Waals surface area contributed by atoms with Crippen molar-refractivity contribution < 1.29 is 9.84 Å². The molecule has 2 aliphatic heterocycles. The van der Waals surface area contributed by atoms with Crippen molar-refractivity contribution in [3.63, 3.8) is 0 Å². The summed E-state index contributed by atoms with van der Waals surface area (Å²) in [6.07, 6.45) is 4.12. The summed E-state index contributed by atoms with van der Waals surface area (Å²) in [6, 6.07) is 0. The van der Waals surface area contributed by atoms with Gasteiger partial charge in [0.05, 0.1) is 18.9 Å². The van der Waals surface area contributed by atoms with Gasteiger partial charge < -0.3 is 30.8 Å². The van der Waals surface area contributed by atoms with Crippen LogP contribution in [-0.2, 0) is 4.74 Å². The Bertz CT molecular complexity index is 855. The van der Waals surface area contributed by atoms with Crippen LogP contribution >= 0.6 is 0 Å². The molecular formula is C17H24N8O2. The summed E-state index contributed by atoms with van der Waals surface area (Å²) in [5.41, 5.74) is 14.4. The lowest BCUT2D eigenvalue weighted by molar-refractivity contribution is -0.0173. The first-order chi connectivity index (χ1) is 13.0. The second kappa shape index (κ2) is 6.89. The summed E-state index contributed by atoms with van der Waals surface area (Å²) in [6.45, 7) is 4.80. The van der Waals surface area contributed by atoms with E-state index in [4.69, 9.17) is 16.2 Å². The van der Waals surface area contributed by atoms with E-state index in [-0.39, 0.29) is 12.1 Å². The van der Waals surface area contributed by atoms with Gasteiger partial charge in [-0.25, -0.2) is 15.0 Å². The highest BCUT2D eigenvalue weighted by Crippen LogP contribution is 2.37. The van der Waals surface area contributed by atoms with E-state index in [1.165, 1.54) is 0 Å². The number of anilines is 1. The molecule has 2 atom stereocenters. The number of imidazole rings is 1. The molecule has 10 heteroatoms. The van der Waals surface area contributed by atoms with Gasteiger partial charge in [-0.1, -0.05) is 0 Å². The van der Waals surface area contributed by atoms with E-state index in [9.17, 15) is 5.11 Å². The average Bonchev–Trinajstić information content (AvgIpc) is 2.99. The smallest absolute Gasteiger partial charge is 0.219 e. The van der Waals surface area contributed by atoms with E-state index < -0.39 is 6.23 Å². The molecular weight excluding hydrogens is 348 g/mol. The van der Waals surface area contributed by atoms with Gasteiger partial charge in [-0.3, -0.25) is 4.90 Å². The van der Waals surface area contributed by atoms with Crippen LogP contribution in [0.25, 0.3) is 11.9 Å². The third-order valence-corrected chi connectivity index (χ3v) is 5.08. The first kappa shape index (κ1) is 17.9. The van der Waals surface area contributed by atoms with Gasteiger partial charge in [0, 0.05) is 50.0 Å². The van der Waals surface area contributed by atoms with E-state index in [2.05, 4.69) is 24.8 Å². The zero-order chi connectivity index (χ0) is 19.1. The monoisotopic (exact) mass is 372 g/mol. The number of nitrogens with two attached hydrogens (primary N) is 2. The Kier molecular flexibility index (Phi) is 4.56. The molecule has 2 aromatic heterocycles. The summed E-state index contributed by atoms with van der Waals surface area (Å²) in [5, 5.41) is 9.93. The van der Waals surface area contributed by atoms with Crippen LogP contribution in [-0.4, -0.2) is 67.8 Å². The zero-order valence-corrected chi connectivity index (χ0v) is 15.4. The molecule has 4 rings (SSSR count). The summed E-state index contributed by atoms with van der Waals surface area (Å²) in [7, 11) is 2.01. The molecule has 0 bridgehead atoms. The summed E-state index contributed by atoms with van der Waals surface area (Å²) in [4.78, 5) is 17.3. The van der Waals surface area contributed by atoms with Crippen LogP contribution in [0.4, 0.5) is 5.95 Å². The van der Waals surface area contributed by atoms with E-state index in [0.717, 1.165) is 35.9 Å². The fraction of sp³-hybridized carbons (Fsp3) is 0.471. The minimum atomic E-state index is -1.13. The molecule has 1 fully saturated rings. The van der Waals surface area contributed by atoms with Crippen LogP contribution in [0.3, 0.4) is 0 Å². The van der Waals surface area contributed by atoms with E-state index in [1.807, 2.05) is 24.7 Å². The van der Waals surface area contributed by atoms with Gasteiger partial charge in [0.25, 0.3) is 0 Å². The maximum atomic E-state index is 9.93. The molecule has 0 aliphatic carbocycles. The number of hydrogen-bond acceptors (Lipinski definition) is 9. The lowest BCUT2D eigenvalue weighted by Crippen LogP contribution is -2.47. The number of nitrogen functional groups attached to an aromatic ring is 1. The molecule has 5 N–H and O–H groups in total. The first-order valence-electron chi connectivity index (χ1n) is 8.84. The quantitative estimate of drug-likeness (QED) is 0.624. The van der Waals surface area contributed by atoms with Gasteiger partial charge in [-0.05, 0) is 6.92 Å². The molecule has 0 radical (unpaired) electrons. The average molecular weight is 372 g/mol. The standard InChI is InChI=1S/C17H24N8O2/c1-10-13(14(18)26)22-15-16(24-3-5-27-6-4-24)23(2)12(9-25(10)15)11-7-20-17(19)21-8-11/h7-9,14,16,26H,3-6,18H2,1-2H3,(H2,19,20,21). The van der Waals surface area contributed by atoms with Crippen LogP contribution < -0.4 is 11.5 Å². The van der Waals surface area contributed by atoms with Gasteiger partial charge >= 0.3 is 0 Å². The van der Waals surface area contributed by atoms with Gasteiger partial charge in [0.15, 0.2) is 5.82 Å². The minimum absolute atomic E-state index is 0.127. The van der Waals surface area contributed by atoms with Crippen molar-refractivity contribution in [3.05, 3.63) is 35.2 Å². The van der Waals surface area contributed by atoms with Crippen molar-refractivity contribution in [2.45, 2.75) is 19.3 Å². The number of hydrogen-bond donors (Lipinski definition) is 3. The summed E-state index contributed by atoms with van der Waals surface area (Å²) < 4.78 is 7.49. The van der Waals surface area contributed by atoms with Crippen LogP contribution in [0.1, 0.15) is 35.2 Å². The van der Waals surface area contributed by atoms with Crippen LogP contribution in [0.5, 0.6) is 0 Å². The Balaban J connectivity index is 1.85. The Morgan fingerprint density at radius 3 is 2.56 bits per heavy atom. The van der Waals surface area contributed by atoms with Crippen LogP contribution in [0.2, 0.25) is 0 Å². The van der Waals surface area contributed by atoms with Gasteiger partial charge in [-0.2, -0.15) is 0 Å². The predicted octanol–water partition coefficient (Wildman–Crippen LogP) is -0.255. The number of ether oxygens (including phenoxy) is 1. The number of aliphatic hydroxyl groups is 1. The predicted molar refractivity (Wildman–Crippen MR) is 99.6 cm³/mol. The Morgan fingerprint density at radius 2 is 1.93 bits per heavy atom. The second-order valence-corrected chi connectivity index (χ2v) is 6.73. The third kappa shape index (κ3) is 3.06. The highest BCUT2D eigenvalue weighted by atomic mass is 16.5. The highest BCUT2D eigenvalue weighted by Gasteiger charge is 2.36. The number of aliphatic hydroxyl groups excluding tert-OH is 1. The van der Waals surface area contributed by atoms with Crippen molar-refractivity contribution in [2.24, 2.45) is 5.73 Å². The first-order valence-corrected chi connectivity index (χ1v) is 8.84. The summed E-state index contributed by atoms with van der Waals surface area (Å²) >= 11 is 0. The number of morpholine rings is 1. The molecule has 27 heavy (non-hydrogen) atoms. The van der Waals surface area contributed by atoms with Gasteiger partial charge in [-0.15, -0.1) is 0 Å². The van der Waals surface area contributed by atoms with Crippen LogP contribution in [0.15, 0.2) is 12.4 Å². The Hall–Kier alpha value is -2.53. The number of aromatic nitrogens is 4. The van der Waals surface area contributed by atoms with Crippen LogP contribution in [0, 0.1) is 6.92 Å². The molecule has 10 nitrogen and oxygen atoms in total. The van der Waals surface area contributed by atoms with Crippen molar-refractivity contribution in [1.82, 2.24) is 29.3 Å². The van der Waals surface area contributed by atoms with Gasteiger partial charge in [0.2, 0.25) is 5.95 Å². The maximum absolute atomic E-state index is 9.93. The maximum Gasteiger partial charge on any atom is 0.219 e. The second-order valence-electron chi connectivity index (χ2n) is 6.73. The largest absolute Gasteiger partial charge is 0.379 e. The van der Waals surface area contributed by atoms with E-state index >= 15 is 0 Å². The lowest BCUT2D eigenvalue weighted by atomic mass is 10.1. The Labute approximate surface area is 157 Å². The molecule has 2 aliphatic rings. The molecule has 0 aromatic carbocycles. The fourth-order valence-corrected chi connectivity index (χ4v) is 3.68.